The maximum absolute atomic E-state index is 10.0. The first kappa shape index (κ1) is 12.7. The van der Waals surface area contributed by atoms with Crippen molar-refractivity contribution in [2.45, 2.75) is 31.4 Å². The van der Waals surface area contributed by atoms with Crippen LogP contribution in [-0.4, -0.2) is 23.9 Å². The molecule has 1 aromatic rings. The Morgan fingerprint density at radius 3 is 2.59 bits per heavy atom. The molecule has 0 aromatic heterocycles. The average molecular weight is 252 g/mol. The zero-order chi connectivity index (χ0) is 12.1. The number of benzene rings is 1. The minimum Gasteiger partial charge on any atom is -0.387 e. The molecule has 4 heteroatoms. The van der Waals surface area contributed by atoms with E-state index in [9.17, 15) is 5.11 Å². The molecule has 1 saturated carbocycles. The molecule has 3 N–H and O–H groups in total. The molecule has 1 fully saturated rings. The van der Waals surface area contributed by atoms with Gasteiger partial charge < -0.3 is 15.1 Å². The van der Waals surface area contributed by atoms with E-state index >= 15 is 0 Å². The zero-order valence-electron chi connectivity index (χ0n) is 10.1. The van der Waals surface area contributed by atoms with Gasteiger partial charge in [0, 0.05) is 24.5 Å². The molecule has 17 heavy (non-hydrogen) atoms. The Morgan fingerprint density at radius 1 is 1.35 bits per heavy atom. The lowest BCUT2D eigenvalue weighted by atomic mass is 9.93. The van der Waals surface area contributed by atoms with Crippen LogP contribution in [0.5, 0.6) is 0 Å². The summed E-state index contributed by atoms with van der Waals surface area (Å²) in [6, 6.07) is 8.58. The first-order valence-corrected chi connectivity index (χ1v) is 7.32. The number of hydrogen-bond donors (Lipinski definition) is 3. The van der Waals surface area contributed by atoms with E-state index in [0.717, 1.165) is 11.3 Å². The first-order valence-electron chi connectivity index (χ1n) is 6.10. The van der Waals surface area contributed by atoms with E-state index in [0.29, 0.717) is 12.6 Å². The van der Waals surface area contributed by atoms with E-state index in [-0.39, 0.29) is 0 Å². The lowest BCUT2D eigenvalue weighted by Crippen LogP contribution is -2.37. The summed E-state index contributed by atoms with van der Waals surface area (Å²) in [7, 11) is 0. The monoisotopic (exact) mass is 252 g/mol. The number of anilines is 1. The van der Waals surface area contributed by atoms with E-state index < -0.39 is 6.10 Å². The van der Waals surface area contributed by atoms with Crippen molar-refractivity contribution in [1.29, 1.82) is 0 Å². The summed E-state index contributed by atoms with van der Waals surface area (Å²) in [4.78, 5) is 0. The molecule has 1 aliphatic carbocycles. The molecular weight excluding hydrogens is 232 g/mol. The van der Waals surface area contributed by atoms with Crippen LogP contribution in [0.25, 0.3) is 0 Å². The third-order valence-corrected chi connectivity index (χ3v) is 3.66. The molecule has 1 unspecified atom stereocenters. The normalized spacial score (nSPS) is 17.5. The smallest absolute Gasteiger partial charge is 0.0914 e. The highest BCUT2D eigenvalue weighted by atomic mass is 32.2. The molecule has 94 valence electrons. The number of nitrogens with one attached hydrogen (secondary N) is 2. The van der Waals surface area contributed by atoms with Gasteiger partial charge in [-0.15, -0.1) is 0 Å². The van der Waals surface area contributed by atoms with Crippen LogP contribution in [0.2, 0.25) is 0 Å². The number of aliphatic hydroxyl groups excluding tert-OH is 1. The highest BCUT2D eigenvalue weighted by molar-refractivity contribution is 7.99. The molecule has 1 aromatic carbocycles. The Morgan fingerprint density at radius 2 is 2.06 bits per heavy atom. The second kappa shape index (κ2) is 6.28. The van der Waals surface area contributed by atoms with E-state index in [2.05, 4.69) is 10.0 Å². The summed E-state index contributed by atoms with van der Waals surface area (Å²) in [5, 5.41) is 13.4. The zero-order valence-corrected chi connectivity index (χ0v) is 11.0. The van der Waals surface area contributed by atoms with Crippen molar-refractivity contribution in [3.05, 3.63) is 29.8 Å². The van der Waals surface area contributed by atoms with E-state index in [1.165, 1.54) is 19.3 Å². The Labute approximate surface area is 107 Å². The molecule has 1 aliphatic rings. The molecule has 3 nitrogen and oxygen atoms in total. The number of aliphatic hydroxyl groups is 1. The van der Waals surface area contributed by atoms with Crippen molar-refractivity contribution in [2.24, 2.45) is 0 Å². The molecule has 0 bridgehead atoms. The third kappa shape index (κ3) is 3.63. The number of hydrogen-bond acceptors (Lipinski definition) is 4. The average Bonchev–Trinajstić information content (AvgIpc) is 2.28. The Balaban J connectivity index is 1.82. The van der Waals surface area contributed by atoms with Crippen LogP contribution >= 0.6 is 11.9 Å². The fraction of sp³-hybridized carbons (Fsp3) is 0.538. The summed E-state index contributed by atoms with van der Waals surface area (Å²) in [5.74, 6) is 0. The van der Waals surface area contributed by atoms with Crippen LogP contribution in [0.15, 0.2) is 24.3 Å². The summed E-state index contributed by atoms with van der Waals surface area (Å²) >= 11 is 1.57. The Kier molecular flexibility index (Phi) is 4.71. The number of rotatable bonds is 6. The fourth-order valence-electron chi connectivity index (χ4n) is 1.90. The van der Waals surface area contributed by atoms with Crippen LogP contribution in [0, 0.1) is 0 Å². The van der Waals surface area contributed by atoms with Gasteiger partial charge in [0.1, 0.15) is 0 Å². The second-order valence-corrected chi connectivity index (χ2v) is 5.09. The van der Waals surface area contributed by atoms with Gasteiger partial charge in [0.2, 0.25) is 0 Å². The highest BCUT2D eigenvalue weighted by Gasteiger charge is 2.18. The van der Waals surface area contributed by atoms with Crippen LogP contribution in [0.3, 0.4) is 0 Å². The molecular formula is C13H20N2OS. The van der Waals surface area contributed by atoms with Gasteiger partial charge in [-0.05, 0) is 30.5 Å². The van der Waals surface area contributed by atoms with Crippen LogP contribution in [-0.2, 0) is 0 Å². The summed E-state index contributed by atoms with van der Waals surface area (Å²) < 4.78 is 3.16. The van der Waals surface area contributed by atoms with Gasteiger partial charge in [-0.1, -0.05) is 30.5 Å². The summed E-state index contributed by atoms with van der Waals surface area (Å²) in [6.07, 6.45) is 5.42. The largest absolute Gasteiger partial charge is 0.387 e. The molecule has 1 atom stereocenters. The molecule has 2 rings (SSSR count). The lowest BCUT2D eigenvalue weighted by Gasteiger charge is -2.27. The lowest BCUT2D eigenvalue weighted by molar-refractivity contribution is 0.161. The minimum absolute atomic E-state index is 0.404. The van der Waals surface area contributed by atoms with Crippen LogP contribution in [0.1, 0.15) is 30.9 Å². The molecule has 0 radical (unpaired) electrons. The van der Waals surface area contributed by atoms with Gasteiger partial charge in [-0.2, -0.15) is 0 Å². The molecule has 0 heterocycles. The van der Waals surface area contributed by atoms with E-state index in [4.69, 9.17) is 0 Å². The van der Waals surface area contributed by atoms with Gasteiger partial charge in [0.05, 0.1) is 6.10 Å². The fourth-order valence-corrected chi connectivity index (χ4v) is 2.27. The predicted molar refractivity (Wildman–Crippen MR) is 74.2 cm³/mol. The van der Waals surface area contributed by atoms with Crippen molar-refractivity contribution in [1.82, 2.24) is 5.32 Å². The Bertz CT molecular complexity index is 338. The topological polar surface area (TPSA) is 44.3 Å². The van der Waals surface area contributed by atoms with Gasteiger partial charge in [0.25, 0.3) is 0 Å². The van der Waals surface area contributed by atoms with Crippen molar-refractivity contribution >= 4 is 17.6 Å². The summed E-state index contributed by atoms with van der Waals surface area (Å²) in [6.45, 7) is 0.653. The van der Waals surface area contributed by atoms with Gasteiger partial charge in [-0.3, -0.25) is 0 Å². The van der Waals surface area contributed by atoms with Crippen LogP contribution in [0.4, 0.5) is 5.69 Å². The Hall–Kier alpha value is -0.710. The highest BCUT2D eigenvalue weighted by Crippen LogP contribution is 2.20. The van der Waals surface area contributed by atoms with Gasteiger partial charge >= 0.3 is 0 Å². The van der Waals surface area contributed by atoms with Gasteiger partial charge in [-0.25, -0.2) is 0 Å². The first-order chi connectivity index (χ1) is 8.29. The van der Waals surface area contributed by atoms with E-state index in [1.807, 2.05) is 30.5 Å². The van der Waals surface area contributed by atoms with Crippen LogP contribution < -0.4 is 10.0 Å². The minimum atomic E-state index is -0.404. The molecule has 0 amide bonds. The molecule has 0 spiro atoms. The molecule has 0 saturated heterocycles. The maximum Gasteiger partial charge on any atom is 0.0914 e. The summed E-state index contributed by atoms with van der Waals surface area (Å²) in [5.41, 5.74) is 2.05. The molecule has 0 aliphatic heterocycles. The predicted octanol–water partition coefficient (Wildman–Crippen LogP) is 2.55. The standard InChI is InChI=1S/C13H20N2OS/c1-17-15-12-7-5-10(6-8-12)13(16)9-14-11-3-2-4-11/h5-8,11,13-16H,2-4,9H2,1H3. The second-order valence-electron chi connectivity index (χ2n) is 4.48. The van der Waals surface area contributed by atoms with Crippen molar-refractivity contribution in [3.63, 3.8) is 0 Å². The van der Waals surface area contributed by atoms with Crippen molar-refractivity contribution in [3.8, 4) is 0 Å². The van der Waals surface area contributed by atoms with E-state index in [1.54, 1.807) is 11.9 Å². The van der Waals surface area contributed by atoms with Crippen molar-refractivity contribution in [2.75, 3.05) is 17.5 Å². The van der Waals surface area contributed by atoms with Crippen molar-refractivity contribution < 1.29 is 5.11 Å². The quantitative estimate of drug-likeness (QED) is 0.681. The van der Waals surface area contributed by atoms with Gasteiger partial charge in [0.15, 0.2) is 0 Å². The SMILES string of the molecule is CSNc1ccc(C(O)CNC2CCC2)cc1. The third-order valence-electron chi connectivity index (χ3n) is 3.22. The maximum atomic E-state index is 10.0.